The molecule has 1 aromatic carbocycles. The summed E-state index contributed by atoms with van der Waals surface area (Å²) in [6.07, 6.45) is 6.96. The van der Waals surface area contributed by atoms with Gasteiger partial charge in [0.2, 0.25) is 0 Å². The third-order valence-electron chi connectivity index (χ3n) is 4.14. The van der Waals surface area contributed by atoms with Gasteiger partial charge in [-0.05, 0) is 36.8 Å². The molecule has 1 fully saturated rings. The van der Waals surface area contributed by atoms with Crippen LogP contribution < -0.4 is 0 Å². The van der Waals surface area contributed by atoms with Crippen molar-refractivity contribution in [1.29, 1.82) is 0 Å². The van der Waals surface area contributed by atoms with E-state index in [1.165, 1.54) is 32.1 Å². The van der Waals surface area contributed by atoms with Gasteiger partial charge in [0.1, 0.15) is 0 Å². The highest BCUT2D eigenvalue weighted by Crippen LogP contribution is 2.39. The molecule has 2 nitrogen and oxygen atoms in total. The second-order valence-electron chi connectivity index (χ2n) is 5.75. The SMILES string of the molecule is CC1(CCS(=O)(=O)c2ccccc2)CCCCC1. The highest BCUT2D eigenvalue weighted by molar-refractivity contribution is 7.91. The molecule has 0 bridgehead atoms. The molecule has 0 heterocycles. The minimum absolute atomic E-state index is 0.236. The maximum atomic E-state index is 12.2. The van der Waals surface area contributed by atoms with Gasteiger partial charge in [0.25, 0.3) is 0 Å². The molecule has 0 radical (unpaired) electrons. The first-order valence-corrected chi connectivity index (χ1v) is 8.45. The first-order valence-electron chi connectivity index (χ1n) is 6.80. The Hall–Kier alpha value is -0.830. The average molecular weight is 266 g/mol. The summed E-state index contributed by atoms with van der Waals surface area (Å²) in [4.78, 5) is 0.462. The fourth-order valence-electron chi connectivity index (χ4n) is 2.78. The Labute approximate surface area is 110 Å². The molecule has 18 heavy (non-hydrogen) atoms. The van der Waals surface area contributed by atoms with Gasteiger partial charge in [-0.3, -0.25) is 0 Å². The van der Waals surface area contributed by atoms with Crippen molar-refractivity contribution in [2.75, 3.05) is 5.75 Å². The second-order valence-corrected chi connectivity index (χ2v) is 7.86. The molecule has 1 saturated carbocycles. The van der Waals surface area contributed by atoms with Gasteiger partial charge in [-0.1, -0.05) is 44.4 Å². The highest BCUT2D eigenvalue weighted by atomic mass is 32.2. The van der Waals surface area contributed by atoms with Crippen LogP contribution in [0.4, 0.5) is 0 Å². The third kappa shape index (κ3) is 3.35. The van der Waals surface area contributed by atoms with Gasteiger partial charge in [-0.25, -0.2) is 8.42 Å². The largest absolute Gasteiger partial charge is 0.224 e. The molecule has 3 heteroatoms. The van der Waals surface area contributed by atoms with Crippen LogP contribution in [-0.2, 0) is 9.84 Å². The summed E-state index contributed by atoms with van der Waals surface area (Å²) in [6.45, 7) is 2.24. The smallest absolute Gasteiger partial charge is 0.178 e. The number of hydrogen-bond donors (Lipinski definition) is 0. The van der Waals surface area contributed by atoms with Crippen molar-refractivity contribution in [1.82, 2.24) is 0 Å². The summed E-state index contributed by atoms with van der Waals surface area (Å²) in [7, 11) is -3.10. The molecular formula is C15H22O2S. The van der Waals surface area contributed by atoms with Crippen LogP contribution in [0.3, 0.4) is 0 Å². The Morgan fingerprint density at radius 2 is 1.67 bits per heavy atom. The zero-order valence-electron chi connectivity index (χ0n) is 11.1. The first kappa shape index (κ1) is 13.6. The Balaban J connectivity index is 2.01. The van der Waals surface area contributed by atoms with E-state index in [9.17, 15) is 8.42 Å². The van der Waals surface area contributed by atoms with Crippen LogP contribution in [0, 0.1) is 5.41 Å². The molecule has 0 N–H and O–H groups in total. The lowest BCUT2D eigenvalue weighted by Gasteiger charge is -2.33. The van der Waals surface area contributed by atoms with Crippen LogP contribution in [0.5, 0.6) is 0 Å². The van der Waals surface area contributed by atoms with Crippen molar-refractivity contribution in [2.45, 2.75) is 50.3 Å². The molecule has 0 unspecified atom stereocenters. The van der Waals surface area contributed by atoms with E-state index >= 15 is 0 Å². The first-order chi connectivity index (χ1) is 8.52. The normalized spacial score (nSPS) is 19.6. The van der Waals surface area contributed by atoms with Gasteiger partial charge in [0.15, 0.2) is 9.84 Å². The van der Waals surface area contributed by atoms with Crippen LogP contribution in [0.1, 0.15) is 45.4 Å². The van der Waals surface area contributed by atoms with Crippen LogP contribution in [0.25, 0.3) is 0 Å². The van der Waals surface area contributed by atoms with E-state index in [2.05, 4.69) is 6.92 Å². The minimum atomic E-state index is -3.10. The quantitative estimate of drug-likeness (QED) is 0.830. The Kier molecular flexibility index (Phi) is 4.10. The zero-order valence-corrected chi connectivity index (χ0v) is 11.9. The second kappa shape index (κ2) is 5.43. The molecule has 0 saturated heterocycles. The van der Waals surface area contributed by atoms with E-state index in [-0.39, 0.29) is 11.2 Å². The minimum Gasteiger partial charge on any atom is -0.224 e. The molecule has 2 rings (SSSR count). The molecule has 1 aliphatic rings. The van der Waals surface area contributed by atoms with Crippen LogP contribution in [-0.4, -0.2) is 14.2 Å². The Morgan fingerprint density at radius 3 is 2.28 bits per heavy atom. The molecule has 1 aliphatic carbocycles. The zero-order chi connectivity index (χ0) is 13.1. The van der Waals surface area contributed by atoms with Gasteiger partial charge >= 0.3 is 0 Å². The van der Waals surface area contributed by atoms with E-state index in [0.717, 1.165) is 6.42 Å². The van der Waals surface area contributed by atoms with Gasteiger partial charge in [-0.2, -0.15) is 0 Å². The van der Waals surface area contributed by atoms with Gasteiger partial charge < -0.3 is 0 Å². The Morgan fingerprint density at radius 1 is 1.06 bits per heavy atom. The molecule has 0 amide bonds. The van der Waals surface area contributed by atoms with Gasteiger partial charge in [0.05, 0.1) is 10.6 Å². The lowest BCUT2D eigenvalue weighted by atomic mass is 9.74. The predicted molar refractivity (Wildman–Crippen MR) is 74.3 cm³/mol. The van der Waals surface area contributed by atoms with E-state index in [1.807, 2.05) is 6.07 Å². The maximum absolute atomic E-state index is 12.2. The van der Waals surface area contributed by atoms with E-state index < -0.39 is 9.84 Å². The molecule has 100 valence electrons. The fourth-order valence-corrected chi connectivity index (χ4v) is 4.35. The van der Waals surface area contributed by atoms with Crippen molar-refractivity contribution >= 4 is 9.84 Å². The molecule has 0 aliphatic heterocycles. The maximum Gasteiger partial charge on any atom is 0.178 e. The van der Waals surface area contributed by atoms with Crippen LogP contribution >= 0.6 is 0 Å². The van der Waals surface area contributed by atoms with Crippen LogP contribution in [0.15, 0.2) is 35.2 Å². The average Bonchev–Trinajstić information content (AvgIpc) is 2.39. The van der Waals surface area contributed by atoms with E-state index in [1.54, 1.807) is 24.3 Å². The number of benzene rings is 1. The third-order valence-corrected chi connectivity index (χ3v) is 5.87. The van der Waals surface area contributed by atoms with Crippen molar-refractivity contribution < 1.29 is 8.42 Å². The number of rotatable bonds is 4. The van der Waals surface area contributed by atoms with Gasteiger partial charge in [0, 0.05) is 0 Å². The molecule has 1 aromatic rings. The summed E-state index contributed by atoms with van der Waals surface area (Å²) >= 11 is 0. The molecule has 0 atom stereocenters. The fraction of sp³-hybridized carbons (Fsp3) is 0.600. The van der Waals surface area contributed by atoms with Crippen molar-refractivity contribution in [3.63, 3.8) is 0 Å². The van der Waals surface area contributed by atoms with Crippen molar-refractivity contribution in [2.24, 2.45) is 5.41 Å². The molecule has 0 spiro atoms. The van der Waals surface area contributed by atoms with Crippen LogP contribution in [0.2, 0.25) is 0 Å². The summed E-state index contributed by atoms with van der Waals surface area (Å²) in [5.74, 6) is 0.285. The molecular weight excluding hydrogens is 244 g/mol. The van der Waals surface area contributed by atoms with E-state index in [0.29, 0.717) is 4.90 Å². The van der Waals surface area contributed by atoms with Gasteiger partial charge in [-0.15, -0.1) is 0 Å². The summed E-state index contributed by atoms with van der Waals surface area (Å²) < 4.78 is 24.4. The molecule has 0 aromatic heterocycles. The summed E-state index contributed by atoms with van der Waals surface area (Å²) in [5.41, 5.74) is 0.236. The standard InChI is InChI=1S/C15H22O2S/c1-15(10-6-3-7-11-15)12-13-18(16,17)14-8-4-2-5-9-14/h2,4-5,8-9H,3,6-7,10-13H2,1H3. The lowest BCUT2D eigenvalue weighted by Crippen LogP contribution is -2.23. The highest BCUT2D eigenvalue weighted by Gasteiger charge is 2.28. The van der Waals surface area contributed by atoms with Crippen molar-refractivity contribution in [3.8, 4) is 0 Å². The summed E-state index contributed by atoms with van der Waals surface area (Å²) in [6, 6.07) is 8.81. The predicted octanol–water partition coefficient (Wildman–Crippen LogP) is 3.82. The summed E-state index contributed by atoms with van der Waals surface area (Å²) in [5, 5.41) is 0. The Bertz CT molecular complexity index is 470. The number of hydrogen-bond acceptors (Lipinski definition) is 2. The van der Waals surface area contributed by atoms with E-state index in [4.69, 9.17) is 0 Å². The monoisotopic (exact) mass is 266 g/mol. The van der Waals surface area contributed by atoms with Crippen molar-refractivity contribution in [3.05, 3.63) is 30.3 Å². The number of sulfone groups is 1. The lowest BCUT2D eigenvalue weighted by molar-refractivity contribution is 0.209. The topological polar surface area (TPSA) is 34.1 Å².